The molecule has 0 amide bonds. The second-order valence-corrected chi connectivity index (χ2v) is 4.89. The van der Waals surface area contributed by atoms with Crippen molar-refractivity contribution in [1.29, 1.82) is 0 Å². The van der Waals surface area contributed by atoms with Crippen LogP contribution in [0.5, 0.6) is 0 Å². The van der Waals surface area contributed by atoms with Gasteiger partial charge in [-0.25, -0.2) is 4.68 Å². The average Bonchev–Trinajstić information content (AvgIpc) is 3.01. The molecule has 100 valence electrons. The maximum absolute atomic E-state index is 3.86. The molecule has 2 heterocycles. The molecule has 2 aromatic rings. The normalized spacial score (nSPS) is 19.3. The zero-order valence-corrected chi connectivity index (χ0v) is 10.8. The minimum absolute atomic E-state index is 0.730. The molecule has 1 aromatic heterocycles. The molecule has 0 bridgehead atoms. The number of piperidine rings is 1. The zero-order valence-electron chi connectivity index (χ0n) is 10.8. The van der Waals surface area contributed by atoms with E-state index in [4.69, 9.17) is 0 Å². The van der Waals surface area contributed by atoms with Crippen LogP contribution >= 0.6 is 0 Å². The van der Waals surface area contributed by atoms with Crippen LogP contribution in [0.1, 0.15) is 12.8 Å². The second-order valence-electron chi connectivity index (χ2n) is 4.89. The van der Waals surface area contributed by atoms with E-state index in [1.165, 1.54) is 12.8 Å². The van der Waals surface area contributed by atoms with Gasteiger partial charge >= 0.3 is 0 Å². The van der Waals surface area contributed by atoms with E-state index in [9.17, 15) is 0 Å². The fourth-order valence-corrected chi connectivity index (χ4v) is 2.37. The molecular weight excluding hydrogens is 240 g/mol. The third-order valence-electron chi connectivity index (χ3n) is 3.47. The summed E-state index contributed by atoms with van der Waals surface area (Å²) in [5.74, 6) is 0.730. The molecule has 0 spiro atoms. The van der Waals surface area contributed by atoms with Crippen molar-refractivity contribution in [3.63, 3.8) is 0 Å². The molecule has 3 rings (SSSR count). The Balaban J connectivity index is 1.57. The number of benzene rings is 1. The van der Waals surface area contributed by atoms with Crippen LogP contribution in [0, 0.1) is 5.92 Å². The number of aromatic nitrogens is 4. The Labute approximate surface area is 112 Å². The molecule has 1 unspecified atom stereocenters. The standard InChI is InChI=1S/C13H18N6/c1-2-11(8-14-7-1)9-15-12-3-5-13(6-4-12)19-10-16-17-18-19/h3-6,10-11,14-15H,1-2,7-9H2. The number of nitrogens with one attached hydrogen (secondary N) is 2. The Morgan fingerprint density at radius 2 is 2.21 bits per heavy atom. The minimum Gasteiger partial charge on any atom is -0.385 e. The largest absolute Gasteiger partial charge is 0.385 e. The molecule has 1 fully saturated rings. The van der Waals surface area contributed by atoms with Crippen molar-refractivity contribution < 1.29 is 0 Å². The Bertz CT molecular complexity index is 486. The summed E-state index contributed by atoms with van der Waals surface area (Å²) >= 11 is 0. The molecule has 1 atom stereocenters. The van der Waals surface area contributed by atoms with Crippen molar-refractivity contribution >= 4 is 5.69 Å². The van der Waals surface area contributed by atoms with Crippen LogP contribution in [0.2, 0.25) is 0 Å². The van der Waals surface area contributed by atoms with Gasteiger partial charge in [-0.3, -0.25) is 0 Å². The molecule has 0 saturated carbocycles. The molecule has 6 nitrogen and oxygen atoms in total. The Hall–Kier alpha value is -1.95. The van der Waals surface area contributed by atoms with Crippen molar-refractivity contribution in [3.05, 3.63) is 30.6 Å². The van der Waals surface area contributed by atoms with E-state index < -0.39 is 0 Å². The highest BCUT2D eigenvalue weighted by Gasteiger charge is 2.12. The third-order valence-corrected chi connectivity index (χ3v) is 3.47. The van der Waals surface area contributed by atoms with Gasteiger partial charge in [0.1, 0.15) is 6.33 Å². The third kappa shape index (κ3) is 3.08. The predicted molar refractivity (Wildman–Crippen MR) is 73.2 cm³/mol. The monoisotopic (exact) mass is 258 g/mol. The van der Waals surface area contributed by atoms with Gasteiger partial charge in [-0.1, -0.05) is 0 Å². The van der Waals surface area contributed by atoms with Crippen LogP contribution in [-0.2, 0) is 0 Å². The molecule has 1 aliphatic heterocycles. The molecule has 19 heavy (non-hydrogen) atoms. The molecule has 0 radical (unpaired) electrons. The van der Waals surface area contributed by atoms with Crippen molar-refractivity contribution in [2.75, 3.05) is 25.0 Å². The first-order valence-corrected chi connectivity index (χ1v) is 6.70. The fourth-order valence-electron chi connectivity index (χ4n) is 2.37. The molecule has 2 N–H and O–H groups in total. The number of nitrogens with zero attached hydrogens (tertiary/aromatic N) is 4. The maximum Gasteiger partial charge on any atom is 0.143 e. The summed E-state index contributed by atoms with van der Waals surface area (Å²) in [5.41, 5.74) is 2.11. The van der Waals surface area contributed by atoms with Gasteiger partial charge in [0, 0.05) is 12.2 Å². The summed E-state index contributed by atoms with van der Waals surface area (Å²) in [5, 5.41) is 18.0. The van der Waals surface area contributed by atoms with Crippen molar-refractivity contribution in [2.45, 2.75) is 12.8 Å². The molecule has 0 aliphatic carbocycles. The van der Waals surface area contributed by atoms with Gasteiger partial charge in [-0.2, -0.15) is 0 Å². The first-order valence-electron chi connectivity index (χ1n) is 6.70. The van der Waals surface area contributed by atoms with Crippen LogP contribution in [0.25, 0.3) is 5.69 Å². The lowest BCUT2D eigenvalue weighted by molar-refractivity contribution is 0.393. The SMILES string of the molecule is c1cc(-n2cnnn2)ccc1NCC1CCCNC1. The van der Waals surface area contributed by atoms with E-state index in [-0.39, 0.29) is 0 Å². The predicted octanol–water partition coefficient (Wildman–Crippen LogP) is 1.07. The fraction of sp³-hybridized carbons (Fsp3) is 0.462. The first kappa shape index (κ1) is 12.1. The summed E-state index contributed by atoms with van der Waals surface area (Å²) < 4.78 is 1.65. The highest BCUT2D eigenvalue weighted by molar-refractivity contribution is 5.48. The smallest absolute Gasteiger partial charge is 0.143 e. The highest BCUT2D eigenvalue weighted by Crippen LogP contribution is 2.14. The maximum atomic E-state index is 3.86. The van der Waals surface area contributed by atoms with Crippen LogP contribution in [0.3, 0.4) is 0 Å². The van der Waals surface area contributed by atoms with Gasteiger partial charge in [0.15, 0.2) is 0 Å². The number of hydrogen-bond donors (Lipinski definition) is 2. The van der Waals surface area contributed by atoms with Crippen molar-refractivity contribution in [1.82, 2.24) is 25.5 Å². The van der Waals surface area contributed by atoms with Crippen LogP contribution in [0.4, 0.5) is 5.69 Å². The number of rotatable bonds is 4. The highest BCUT2D eigenvalue weighted by atomic mass is 15.5. The average molecular weight is 258 g/mol. The lowest BCUT2D eigenvalue weighted by atomic mass is 10.00. The van der Waals surface area contributed by atoms with Crippen molar-refractivity contribution in [3.8, 4) is 5.69 Å². The Morgan fingerprint density at radius 1 is 1.32 bits per heavy atom. The van der Waals surface area contributed by atoms with Gasteiger partial charge in [-0.15, -0.1) is 5.10 Å². The van der Waals surface area contributed by atoms with E-state index in [1.807, 2.05) is 12.1 Å². The van der Waals surface area contributed by atoms with E-state index in [0.29, 0.717) is 0 Å². The van der Waals surface area contributed by atoms with E-state index in [2.05, 4.69) is 38.3 Å². The molecule has 1 aromatic carbocycles. The zero-order chi connectivity index (χ0) is 12.9. The van der Waals surface area contributed by atoms with E-state index in [0.717, 1.165) is 36.9 Å². The summed E-state index contributed by atoms with van der Waals surface area (Å²) in [6, 6.07) is 8.15. The van der Waals surface area contributed by atoms with Gasteiger partial charge < -0.3 is 10.6 Å². The van der Waals surface area contributed by atoms with E-state index in [1.54, 1.807) is 11.0 Å². The Kier molecular flexibility index (Phi) is 3.69. The van der Waals surface area contributed by atoms with Gasteiger partial charge in [0.2, 0.25) is 0 Å². The lowest BCUT2D eigenvalue weighted by Gasteiger charge is -2.23. The van der Waals surface area contributed by atoms with Crippen LogP contribution < -0.4 is 10.6 Å². The molecule has 1 saturated heterocycles. The number of hydrogen-bond acceptors (Lipinski definition) is 5. The lowest BCUT2D eigenvalue weighted by Crippen LogP contribution is -2.33. The topological polar surface area (TPSA) is 67.7 Å². The van der Waals surface area contributed by atoms with Gasteiger partial charge in [0.05, 0.1) is 5.69 Å². The molecular formula is C13H18N6. The Morgan fingerprint density at radius 3 is 2.89 bits per heavy atom. The second kappa shape index (κ2) is 5.79. The van der Waals surface area contributed by atoms with Crippen molar-refractivity contribution in [2.24, 2.45) is 5.92 Å². The van der Waals surface area contributed by atoms with Crippen LogP contribution in [0.15, 0.2) is 30.6 Å². The summed E-state index contributed by atoms with van der Waals surface area (Å²) in [7, 11) is 0. The van der Waals surface area contributed by atoms with Crippen LogP contribution in [-0.4, -0.2) is 39.8 Å². The van der Waals surface area contributed by atoms with Gasteiger partial charge in [-0.05, 0) is 66.5 Å². The summed E-state index contributed by atoms with van der Waals surface area (Å²) in [4.78, 5) is 0. The molecule has 6 heteroatoms. The first-order chi connectivity index (χ1) is 9.42. The number of tetrazole rings is 1. The summed E-state index contributed by atoms with van der Waals surface area (Å²) in [6.45, 7) is 3.31. The molecule has 1 aliphatic rings. The minimum atomic E-state index is 0.730. The van der Waals surface area contributed by atoms with Gasteiger partial charge in [0.25, 0.3) is 0 Å². The summed E-state index contributed by atoms with van der Waals surface area (Å²) in [6.07, 6.45) is 4.18. The quantitative estimate of drug-likeness (QED) is 0.858. The van der Waals surface area contributed by atoms with E-state index >= 15 is 0 Å². The number of anilines is 1.